The Morgan fingerprint density at radius 2 is 1.16 bits per heavy atom. The van der Waals surface area contributed by atoms with Crippen molar-refractivity contribution < 1.29 is 9.59 Å². The monoisotopic (exact) mass is 647 g/mol. The normalized spacial score (nSPS) is 15.2. The predicted octanol–water partition coefficient (Wildman–Crippen LogP) is 9.81. The van der Waals surface area contributed by atoms with Gasteiger partial charge in [-0.05, 0) is 82.4 Å². The molecule has 0 saturated heterocycles. The van der Waals surface area contributed by atoms with Gasteiger partial charge in [0.05, 0.1) is 39.0 Å². The second kappa shape index (κ2) is 10.4. The number of rotatable bonds is 4. The van der Waals surface area contributed by atoms with Gasteiger partial charge in [0.25, 0.3) is 0 Å². The minimum Gasteiger partial charge on any atom is -0.309 e. The van der Waals surface area contributed by atoms with E-state index < -0.39 is 5.41 Å². The molecule has 0 amide bonds. The zero-order chi connectivity index (χ0) is 32.7. The zero-order valence-corrected chi connectivity index (χ0v) is 26.8. The number of thiophene rings is 1. The third kappa shape index (κ3) is 3.80. The van der Waals surface area contributed by atoms with E-state index in [9.17, 15) is 9.59 Å². The quantitative estimate of drug-likeness (QED) is 0.141. The smallest absolute Gasteiger partial charge is 0.216 e. The molecular weight excluding hydrogens is 623 g/mol. The van der Waals surface area contributed by atoms with Crippen LogP contribution in [0.5, 0.6) is 0 Å². The number of pyridine rings is 2. The highest BCUT2D eigenvalue weighted by atomic mass is 32.1. The van der Waals surface area contributed by atoms with Gasteiger partial charge in [0.1, 0.15) is 5.69 Å². The Labute approximate surface area is 286 Å². The van der Waals surface area contributed by atoms with Gasteiger partial charge in [-0.1, -0.05) is 84.9 Å². The van der Waals surface area contributed by atoms with E-state index in [1.807, 2.05) is 18.3 Å². The summed E-state index contributed by atoms with van der Waals surface area (Å²) in [6.07, 6.45) is 5.26. The molecule has 3 aliphatic carbocycles. The van der Waals surface area contributed by atoms with E-state index in [0.717, 1.165) is 43.6 Å². The Morgan fingerprint density at radius 3 is 1.82 bits per heavy atom. The van der Waals surface area contributed by atoms with E-state index in [1.165, 1.54) is 22.3 Å². The zero-order valence-electron chi connectivity index (χ0n) is 26.0. The minimum atomic E-state index is -0.638. The third-order valence-electron chi connectivity index (χ3n) is 9.93. The lowest BCUT2D eigenvalue weighted by Gasteiger charge is -2.31. The fraction of sp³-hybridized carbons (Fsp3) is 0.0233. The summed E-state index contributed by atoms with van der Waals surface area (Å²) in [5.41, 5.74) is 11.1. The largest absolute Gasteiger partial charge is 0.309 e. The Hall–Kier alpha value is -6.24. The van der Waals surface area contributed by atoms with Crippen molar-refractivity contribution in [2.75, 3.05) is 4.90 Å². The highest BCUT2D eigenvalue weighted by Crippen LogP contribution is 2.64. The number of Topliss-reactive ketones (excluding diaryl/α,β-unsaturated/α-hetero) is 2. The first-order valence-electron chi connectivity index (χ1n) is 16.2. The van der Waals surface area contributed by atoms with Crippen LogP contribution < -0.4 is 4.90 Å². The van der Waals surface area contributed by atoms with Crippen LogP contribution in [0.2, 0.25) is 0 Å². The van der Waals surface area contributed by atoms with Gasteiger partial charge in [-0.3, -0.25) is 19.6 Å². The molecule has 3 aliphatic rings. The van der Waals surface area contributed by atoms with Crippen LogP contribution in [0.3, 0.4) is 0 Å². The lowest BCUT2D eigenvalue weighted by Crippen LogP contribution is -2.26. The maximum atomic E-state index is 13.4. The summed E-state index contributed by atoms with van der Waals surface area (Å²) in [6.45, 7) is 0. The van der Waals surface area contributed by atoms with E-state index in [0.29, 0.717) is 5.56 Å². The number of carbonyl (C=O) groups excluding carboxylic acids is 2. The number of benzene rings is 4. The van der Waals surface area contributed by atoms with Crippen LogP contribution in [-0.2, 0) is 5.41 Å². The standard InChI is InChI=1S/C43H25N3O2S/c47-40-32-18-11-21-44-38(32)41(48)33(40)23-29-24-37-42(49-29)39-36(43(37)34-19-9-7-16-30(34)31-17-8-10-20-35(31)43)22-28(25-45-39)46(26-12-3-1-4-13-26)27-14-5-2-6-15-27/h1-25H/b33-23+. The van der Waals surface area contributed by atoms with Crippen molar-refractivity contribution >= 4 is 46.0 Å². The van der Waals surface area contributed by atoms with Crippen molar-refractivity contribution in [3.8, 4) is 21.7 Å². The SMILES string of the molecule is O=C1/C(=C\c2cc3c(s2)-c2ncc(N(c4ccccc4)c4ccccc4)cc2C32c3ccccc3-c3ccccc32)C(=O)c2ncccc21. The molecule has 6 heteroatoms. The number of hydrogen-bond acceptors (Lipinski definition) is 6. The van der Waals surface area contributed by atoms with Crippen LogP contribution in [0.15, 0.2) is 151 Å². The van der Waals surface area contributed by atoms with E-state index in [-0.39, 0.29) is 22.8 Å². The highest BCUT2D eigenvalue weighted by molar-refractivity contribution is 7.16. The lowest BCUT2D eigenvalue weighted by atomic mass is 9.71. The number of ketones is 2. The number of fused-ring (bicyclic) bond motifs is 11. The number of hydrogen-bond donors (Lipinski definition) is 0. The third-order valence-corrected chi connectivity index (χ3v) is 11.0. The molecule has 7 aromatic rings. The van der Waals surface area contributed by atoms with Gasteiger partial charge in [0.15, 0.2) is 5.78 Å². The molecule has 5 nitrogen and oxygen atoms in total. The minimum absolute atomic E-state index is 0.153. The van der Waals surface area contributed by atoms with E-state index in [1.54, 1.807) is 35.7 Å². The lowest BCUT2D eigenvalue weighted by molar-refractivity contribution is 0.0989. The molecular formula is C43H25N3O2S. The molecule has 3 aromatic heterocycles. The Bertz CT molecular complexity index is 2430. The number of para-hydroxylation sites is 2. The maximum absolute atomic E-state index is 13.4. The van der Waals surface area contributed by atoms with Gasteiger partial charge < -0.3 is 4.90 Å². The fourth-order valence-corrected chi connectivity index (χ4v) is 9.13. The molecule has 0 aliphatic heterocycles. The molecule has 230 valence electrons. The number of anilines is 3. The molecule has 0 saturated carbocycles. The summed E-state index contributed by atoms with van der Waals surface area (Å²) in [5, 5.41) is 0. The Morgan fingerprint density at radius 1 is 0.551 bits per heavy atom. The van der Waals surface area contributed by atoms with Crippen molar-refractivity contribution in [2.24, 2.45) is 0 Å². The Balaban J connectivity index is 1.23. The fourth-order valence-electron chi connectivity index (χ4n) is 7.96. The Kier molecular flexibility index (Phi) is 5.90. The summed E-state index contributed by atoms with van der Waals surface area (Å²) >= 11 is 1.57. The van der Waals surface area contributed by atoms with Crippen LogP contribution in [0.4, 0.5) is 17.1 Å². The topological polar surface area (TPSA) is 63.2 Å². The van der Waals surface area contributed by atoms with Gasteiger partial charge in [-0.2, -0.15) is 0 Å². The molecule has 0 fully saturated rings. The molecule has 1 spiro atoms. The average molecular weight is 648 g/mol. The first-order valence-corrected chi connectivity index (χ1v) is 17.0. The number of nitrogens with zero attached hydrogens (tertiary/aromatic N) is 3. The molecule has 0 atom stereocenters. The second-order valence-corrected chi connectivity index (χ2v) is 13.5. The number of carbonyl (C=O) groups is 2. The molecule has 0 radical (unpaired) electrons. The molecule has 0 unspecified atom stereocenters. The maximum Gasteiger partial charge on any atom is 0.216 e. The molecule has 10 rings (SSSR count). The molecule has 4 aromatic carbocycles. The summed E-state index contributed by atoms with van der Waals surface area (Å²) in [6, 6.07) is 45.9. The number of aromatic nitrogens is 2. The molecule has 3 heterocycles. The van der Waals surface area contributed by atoms with Crippen LogP contribution in [0, 0.1) is 0 Å². The van der Waals surface area contributed by atoms with Crippen molar-refractivity contribution in [2.45, 2.75) is 5.41 Å². The summed E-state index contributed by atoms with van der Waals surface area (Å²) in [4.78, 5) is 40.3. The van der Waals surface area contributed by atoms with Crippen molar-refractivity contribution in [1.29, 1.82) is 0 Å². The van der Waals surface area contributed by atoms with Crippen molar-refractivity contribution in [3.63, 3.8) is 0 Å². The van der Waals surface area contributed by atoms with Gasteiger partial charge in [-0.25, -0.2) is 0 Å². The average Bonchev–Trinajstić information content (AvgIpc) is 3.85. The molecule has 0 N–H and O–H groups in total. The van der Waals surface area contributed by atoms with Crippen LogP contribution in [-0.4, -0.2) is 21.5 Å². The van der Waals surface area contributed by atoms with Crippen molar-refractivity contribution in [3.05, 3.63) is 190 Å². The summed E-state index contributed by atoms with van der Waals surface area (Å²) in [5.74, 6) is -0.608. The highest BCUT2D eigenvalue weighted by Gasteiger charge is 2.53. The summed E-state index contributed by atoms with van der Waals surface area (Å²) < 4.78 is 0. The van der Waals surface area contributed by atoms with Gasteiger partial charge in [-0.15, -0.1) is 11.3 Å². The van der Waals surface area contributed by atoms with Crippen molar-refractivity contribution in [1.82, 2.24) is 9.97 Å². The van der Waals surface area contributed by atoms with Crippen LogP contribution in [0.25, 0.3) is 27.8 Å². The summed E-state index contributed by atoms with van der Waals surface area (Å²) in [7, 11) is 0. The van der Waals surface area contributed by atoms with E-state index >= 15 is 0 Å². The van der Waals surface area contributed by atoms with Crippen LogP contribution in [0.1, 0.15) is 48.0 Å². The van der Waals surface area contributed by atoms with Crippen LogP contribution >= 0.6 is 11.3 Å². The van der Waals surface area contributed by atoms with E-state index in [2.05, 4.69) is 119 Å². The molecule has 0 bridgehead atoms. The van der Waals surface area contributed by atoms with Gasteiger partial charge in [0, 0.05) is 28.0 Å². The predicted molar refractivity (Wildman–Crippen MR) is 194 cm³/mol. The number of allylic oxidation sites excluding steroid dienone is 1. The van der Waals surface area contributed by atoms with E-state index in [4.69, 9.17) is 4.98 Å². The van der Waals surface area contributed by atoms with Gasteiger partial charge >= 0.3 is 0 Å². The second-order valence-electron chi connectivity index (χ2n) is 12.4. The first-order chi connectivity index (χ1) is 24.1. The van der Waals surface area contributed by atoms with Gasteiger partial charge in [0.2, 0.25) is 5.78 Å². The first kappa shape index (κ1) is 27.8. The molecule has 49 heavy (non-hydrogen) atoms.